The van der Waals surface area contributed by atoms with Crippen LogP contribution in [0.4, 0.5) is 65.9 Å². The maximum Gasteiger partial charge on any atom is 0.438 e. The fourth-order valence-corrected chi connectivity index (χ4v) is 2.10. The summed E-state index contributed by atoms with van der Waals surface area (Å²) in [4.78, 5) is 11.2. The van der Waals surface area contributed by atoms with Crippen LogP contribution in [0.3, 0.4) is 0 Å². The van der Waals surface area contributed by atoms with Crippen molar-refractivity contribution in [3.8, 4) is 0 Å². The third-order valence-corrected chi connectivity index (χ3v) is 4.07. The molecule has 33 heavy (non-hydrogen) atoms. The fourth-order valence-electron chi connectivity index (χ4n) is 2.10. The van der Waals surface area contributed by atoms with Gasteiger partial charge in [-0.1, -0.05) is 6.58 Å². The Hall–Kier alpha value is -1.88. The average molecular weight is 526 g/mol. The number of hydrogen-bond acceptors (Lipinski definition) is 3. The standard InChI is InChI=1S/C15H13F15O3/c1-6(2)8(32)33-7(5-31)3-4-9(16,17)11(19,20)13(23,24)12(21,22)10(18,14(25,26)27)15(28,29)30/h7,31H,1,3-5H2,2H3. The summed E-state index contributed by atoms with van der Waals surface area (Å²) in [5.41, 5.74) is -8.81. The van der Waals surface area contributed by atoms with Crippen molar-refractivity contribution in [3.63, 3.8) is 0 Å². The van der Waals surface area contributed by atoms with Crippen LogP contribution in [0.1, 0.15) is 19.8 Å². The summed E-state index contributed by atoms with van der Waals surface area (Å²) in [5.74, 6) is -32.4. The van der Waals surface area contributed by atoms with E-state index in [1.54, 1.807) is 0 Å². The lowest BCUT2D eigenvalue weighted by atomic mass is 9.85. The van der Waals surface area contributed by atoms with Crippen molar-refractivity contribution in [3.05, 3.63) is 12.2 Å². The molecule has 0 heterocycles. The molecule has 0 aliphatic heterocycles. The van der Waals surface area contributed by atoms with Gasteiger partial charge in [0.25, 0.3) is 0 Å². The minimum Gasteiger partial charge on any atom is -0.457 e. The molecule has 1 atom stereocenters. The number of carbonyl (C=O) groups excluding carboxylic acids is 1. The third kappa shape index (κ3) is 5.13. The van der Waals surface area contributed by atoms with E-state index in [2.05, 4.69) is 11.3 Å². The molecule has 0 aliphatic rings. The van der Waals surface area contributed by atoms with Crippen LogP contribution in [0.5, 0.6) is 0 Å². The lowest BCUT2D eigenvalue weighted by molar-refractivity contribution is -0.457. The normalized spacial score (nSPS) is 15.9. The Morgan fingerprint density at radius 2 is 1.18 bits per heavy atom. The van der Waals surface area contributed by atoms with E-state index in [1.165, 1.54) is 0 Å². The number of ether oxygens (including phenoxy) is 1. The Morgan fingerprint density at radius 1 is 0.788 bits per heavy atom. The molecule has 0 saturated heterocycles. The highest BCUT2D eigenvalue weighted by molar-refractivity contribution is 5.87. The smallest absolute Gasteiger partial charge is 0.438 e. The molecular formula is C15H13F15O3. The molecule has 1 N–H and O–H groups in total. The van der Waals surface area contributed by atoms with E-state index in [9.17, 15) is 70.7 Å². The van der Waals surface area contributed by atoms with Gasteiger partial charge in [-0.25, -0.2) is 9.18 Å². The zero-order valence-corrected chi connectivity index (χ0v) is 15.8. The van der Waals surface area contributed by atoms with Crippen molar-refractivity contribution in [1.82, 2.24) is 0 Å². The molecule has 0 aliphatic carbocycles. The zero-order chi connectivity index (χ0) is 27.1. The second-order valence-corrected chi connectivity index (χ2v) is 6.61. The minimum atomic E-state index is -8.49. The van der Waals surface area contributed by atoms with Crippen LogP contribution in [0.25, 0.3) is 0 Å². The summed E-state index contributed by atoms with van der Waals surface area (Å²) in [6.45, 7) is 2.51. The van der Waals surface area contributed by atoms with Crippen molar-refractivity contribution in [1.29, 1.82) is 0 Å². The first-order chi connectivity index (χ1) is 14.3. The van der Waals surface area contributed by atoms with Crippen molar-refractivity contribution in [2.45, 2.75) is 67.6 Å². The van der Waals surface area contributed by atoms with Gasteiger partial charge < -0.3 is 9.84 Å². The zero-order valence-electron chi connectivity index (χ0n) is 15.8. The van der Waals surface area contributed by atoms with Gasteiger partial charge in [-0.2, -0.15) is 61.5 Å². The Balaban J connectivity index is 6.27. The number of rotatable bonds is 10. The number of aliphatic hydroxyl groups is 1. The molecule has 0 rings (SSSR count). The van der Waals surface area contributed by atoms with Gasteiger partial charge in [0, 0.05) is 12.0 Å². The van der Waals surface area contributed by atoms with Crippen molar-refractivity contribution >= 4 is 5.97 Å². The third-order valence-electron chi connectivity index (χ3n) is 4.07. The van der Waals surface area contributed by atoms with E-state index in [4.69, 9.17) is 5.11 Å². The molecule has 3 nitrogen and oxygen atoms in total. The number of esters is 1. The van der Waals surface area contributed by atoms with Gasteiger partial charge in [0.05, 0.1) is 6.61 Å². The summed E-state index contributed by atoms with van der Waals surface area (Å²) >= 11 is 0. The SMILES string of the molecule is C=C(C)C(=O)OC(CO)CCC(F)(F)C(F)(F)C(F)(F)C(F)(F)C(F)(C(F)(F)F)C(F)(F)F. The minimum absolute atomic E-state index is 0.449. The number of carbonyl (C=O) groups is 1. The van der Waals surface area contributed by atoms with E-state index in [1.807, 2.05) is 0 Å². The number of hydrogen-bond donors (Lipinski definition) is 1. The van der Waals surface area contributed by atoms with Crippen LogP contribution in [-0.4, -0.2) is 65.5 Å². The van der Waals surface area contributed by atoms with Gasteiger partial charge in [0.2, 0.25) is 0 Å². The largest absolute Gasteiger partial charge is 0.457 e. The molecule has 0 saturated carbocycles. The highest BCUT2D eigenvalue weighted by Gasteiger charge is 2.95. The highest BCUT2D eigenvalue weighted by Crippen LogP contribution is 2.64. The highest BCUT2D eigenvalue weighted by atomic mass is 19.4. The molecule has 1 unspecified atom stereocenters. The summed E-state index contributed by atoms with van der Waals surface area (Å²) in [6.07, 6.45) is -22.6. The lowest BCUT2D eigenvalue weighted by Crippen LogP contribution is -2.75. The van der Waals surface area contributed by atoms with E-state index in [0.717, 1.165) is 6.92 Å². The number of aliphatic hydroxyl groups excluding tert-OH is 1. The average Bonchev–Trinajstić information content (AvgIpc) is 2.61. The van der Waals surface area contributed by atoms with Crippen molar-refractivity contribution in [2.24, 2.45) is 0 Å². The van der Waals surface area contributed by atoms with Crippen LogP contribution >= 0.6 is 0 Å². The van der Waals surface area contributed by atoms with Gasteiger partial charge in [-0.05, 0) is 13.3 Å². The van der Waals surface area contributed by atoms with Gasteiger partial charge >= 0.3 is 47.7 Å². The number of halogens is 15. The monoisotopic (exact) mass is 526 g/mol. The Labute approximate surface area is 174 Å². The first-order valence-corrected chi connectivity index (χ1v) is 8.07. The molecule has 0 amide bonds. The number of alkyl halides is 15. The molecule has 196 valence electrons. The van der Waals surface area contributed by atoms with Crippen LogP contribution < -0.4 is 0 Å². The maximum atomic E-state index is 13.7. The maximum absolute atomic E-state index is 13.7. The van der Waals surface area contributed by atoms with Crippen LogP contribution in [0.2, 0.25) is 0 Å². The summed E-state index contributed by atoms with van der Waals surface area (Å²) in [6, 6.07) is 0. The van der Waals surface area contributed by atoms with E-state index >= 15 is 0 Å². The summed E-state index contributed by atoms with van der Waals surface area (Å²) in [7, 11) is 0. The quantitative estimate of drug-likeness (QED) is 0.229. The molecule has 18 heteroatoms. The first-order valence-electron chi connectivity index (χ1n) is 8.07. The second-order valence-electron chi connectivity index (χ2n) is 6.61. The lowest BCUT2D eigenvalue weighted by Gasteiger charge is -2.43. The van der Waals surface area contributed by atoms with Crippen LogP contribution in [0, 0.1) is 0 Å². The predicted molar refractivity (Wildman–Crippen MR) is 76.8 cm³/mol. The van der Waals surface area contributed by atoms with Crippen molar-refractivity contribution in [2.75, 3.05) is 6.61 Å². The molecule has 0 spiro atoms. The van der Waals surface area contributed by atoms with Gasteiger partial charge in [0.1, 0.15) is 6.10 Å². The Morgan fingerprint density at radius 3 is 1.48 bits per heavy atom. The second kappa shape index (κ2) is 9.05. The van der Waals surface area contributed by atoms with Crippen LogP contribution in [0.15, 0.2) is 12.2 Å². The van der Waals surface area contributed by atoms with Gasteiger partial charge in [-0.15, -0.1) is 0 Å². The van der Waals surface area contributed by atoms with E-state index < -0.39 is 78.8 Å². The van der Waals surface area contributed by atoms with Crippen LogP contribution in [-0.2, 0) is 9.53 Å². The molecular weight excluding hydrogens is 513 g/mol. The molecule has 0 aromatic heterocycles. The Bertz CT molecular complexity index is 709. The van der Waals surface area contributed by atoms with Gasteiger partial charge in [0.15, 0.2) is 0 Å². The molecule has 0 bridgehead atoms. The van der Waals surface area contributed by atoms with E-state index in [-0.39, 0.29) is 0 Å². The van der Waals surface area contributed by atoms with Crippen molar-refractivity contribution < 1.29 is 80.5 Å². The topological polar surface area (TPSA) is 46.5 Å². The first kappa shape index (κ1) is 31.1. The summed E-state index contributed by atoms with van der Waals surface area (Å²) in [5, 5.41) is 8.82. The molecule has 0 radical (unpaired) electrons. The fraction of sp³-hybridized carbons (Fsp3) is 0.800. The summed E-state index contributed by atoms with van der Waals surface area (Å²) < 4.78 is 201. The van der Waals surface area contributed by atoms with Gasteiger partial charge in [-0.3, -0.25) is 0 Å². The molecule has 0 aromatic carbocycles. The predicted octanol–water partition coefficient (Wildman–Crippen LogP) is 5.62. The van der Waals surface area contributed by atoms with E-state index in [0.29, 0.717) is 0 Å². The Kier molecular flexibility index (Phi) is 8.54. The molecule has 0 aromatic rings. The molecule has 0 fully saturated rings.